The van der Waals surface area contributed by atoms with Crippen LogP contribution in [0.15, 0.2) is 23.3 Å². The van der Waals surface area contributed by atoms with E-state index in [0.717, 1.165) is 12.1 Å². The number of carbonyl (C=O) groups excluding carboxylic acids is 1. The summed E-state index contributed by atoms with van der Waals surface area (Å²) in [6.45, 7) is -0.187. The first-order valence-electron chi connectivity index (χ1n) is 4.84. The topological polar surface area (TPSA) is 76.7 Å². The lowest BCUT2D eigenvalue weighted by atomic mass is 10.0. The molecule has 8 heteroatoms. The van der Waals surface area contributed by atoms with Crippen molar-refractivity contribution in [3.63, 3.8) is 0 Å². The van der Waals surface area contributed by atoms with E-state index in [1.165, 1.54) is 6.07 Å². The molecule has 1 aliphatic rings. The van der Waals surface area contributed by atoms with E-state index in [-0.39, 0.29) is 23.6 Å². The van der Waals surface area contributed by atoms with Crippen molar-refractivity contribution in [3.05, 3.63) is 29.3 Å². The molecule has 1 aromatic carbocycles. The van der Waals surface area contributed by atoms with Crippen LogP contribution in [0.3, 0.4) is 0 Å². The van der Waals surface area contributed by atoms with Crippen LogP contribution in [0.5, 0.6) is 0 Å². The summed E-state index contributed by atoms with van der Waals surface area (Å²) in [5.74, 6) is 0. The maximum Gasteiger partial charge on any atom is 0.428 e. The van der Waals surface area contributed by atoms with Crippen LogP contribution in [-0.2, 0) is 10.9 Å². The first-order valence-corrected chi connectivity index (χ1v) is 4.84. The zero-order valence-electron chi connectivity index (χ0n) is 8.91. The van der Waals surface area contributed by atoms with Crippen LogP contribution in [0, 0.1) is 0 Å². The molecule has 0 saturated carbocycles. The van der Waals surface area contributed by atoms with E-state index in [1.807, 2.05) is 5.43 Å². The summed E-state index contributed by atoms with van der Waals surface area (Å²) >= 11 is 0. The van der Waals surface area contributed by atoms with Gasteiger partial charge in [-0.3, -0.25) is 0 Å². The monoisotopic (exact) mass is 259 g/mol. The van der Waals surface area contributed by atoms with Gasteiger partial charge in [0.15, 0.2) is 0 Å². The number of nitrogens with zero attached hydrogens (tertiary/aromatic N) is 1. The molecule has 1 aromatic rings. The molecule has 0 radical (unpaired) electrons. The van der Waals surface area contributed by atoms with Crippen LogP contribution >= 0.6 is 0 Å². The van der Waals surface area contributed by atoms with Gasteiger partial charge in [-0.2, -0.15) is 18.3 Å². The summed E-state index contributed by atoms with van der Waals surface area (Å²) < 4.78 is 42.5. The van der Waals surface area contributed by atoms with Crippen molar-refractivity contribution in [1.82, 2.24) is 5.43 Å². The molecule has 0 fully saturated rings. The van der Waals surface area contributed by atoms with E-state index >= 15 is 0 Å². The van der Waals surface area contributed by atoms with E-state index in [9.17, 15) is 18.0 Å². The minimum absolute atomic E-state index is 0.187. The van der Waals surface area contributed by atoms with Crippen molar-refractivity contribution in [2.24, 2.45) is 5.10 Å². The highest BCUT2D eigenvalue weighted by atomic mass is 19.4. The van der Waals surface area contributed by atoms with E-state index < -0.39 is 17.8 Å². The van der Waals surface area contributed by atoms with E-state index in [0.29, 0.717) is 0 Å². The van der Waals surface area contributed by atoms with E-state index in [1.54, 1.807) is 0 Å². The van der Waals surface area contributed by atoms with Crippen molar-refractivity contribution >= 4 is 17.5 Å². The molecular formula is C10H8F3N3O2. The second kappa shape index (κ2) is 4.21. The lowest BCUT2D eigenvalue weighted by Crippen LogP contribution is -2.30. The summed E-state index contributed by atoms with van der Waals surface area (Å²) in [6.07, 6.45) is -5.29. The summed E-state index contributed by atoms with van der Waals surface area (Å²) in [5.41, 5.74) is 6.36. The largest absolute Gasteiger partial charge is 0.442 e. The van der Waals surface area contributed by atoms with Crippen molar-refractivity contribution in [3.8, 4) is 0 Å². The van der Waals surface area contributed by atoms with Crippen molar-refractivity contribution in [2.45, 2.75) is 6.18 Å². The van der Waals surface area contributed by atoms with Crippen molar-refractivity contribution in [1.29, 1.82) is 0 Å². The van der Waals surface area contributed by atoms with Gasteiger partial charge in [0, 0.05) is 11.3 Å². The Hall–Kier alpha value is -2.25. The van der Waals surface area contributed by atoms with Gasteiger partial charge in [-0.1, -0.05) is 6.07 Å². The van der Waals surface area contributed by atoms with Gasteiger partial charge in [-0.25, -0.2) is 10.2 Å². The molecule has 0 aliphatic carbocycles. The van der Waals surface area contributed by atoms with Gasteiger partial charge in [0.25, 0.3) is 0 Å². The number of benzene rings is 1. The number of nitrogens with two attached hydrogens (primary N) is 1. The molecule has 0 bridgehead atoms. The van der Waals surface area contributed by atoms with Crippen LogP contribution in [0.2, 0.25) is 0 Å². The number of rotatable bonds is 1. The van der Waals surface area contributed by atoms with Gasteiger partial charge in [0.05, 0.1) is 5.56 Å². The Kier molecular flexibility index (Phi) is 2.85. The Balaban J connectivity index is 2.39. The summed E-state index contributed by atoms with van der Waals surface area (Å²) in [5, 5.41) is 3.62. The fourth-order valence-corrected chi connectivity index (χ4v) is 1.44. The lowest BCUT2D eigenvalue weighted by Gasteiger charge is -2.15. The highest BCUT2D eigenvalue weighted by Crippen LogP contribution is 2.34. The molecule has 3 N–H and O–H groups in total. The summed E-state index contributed by atoms with van der Waals surface area (Å²) in [4.78, 5) is 10.7. The number of anilines is 1. The number of halogens is 3. The fourth-order valence-electron chi connectivity index (χ4n) is 1.44. The van der Waals surface area contributed by atoms with Crippen LogP contribution in [0.1, 0.15) is 11.1 Å². The molecule has 96 valence electrons. The predicted molar refractivity (Wildman–Crippen MR) is 56.9 cm³/mol. The van der Waals surface area contributed by atoms with Gasteiger partial charge in [-0.05, 0) is 12.1 Å². The number of nitrogen functional groups attached to an aromatic ring is 1. The summed E-state index contributed by atoms with van der Waals surface area (Å²) in [7, 11) is 0. The number of alkyl halides is 3. The first kappa shape index (κ1) is 12.2. The number of ether oxygens (including phenoxy) is 1. The molecule has 1 heterocycles. The summed E-state index contributed by atoms with van der Waals surface area (Å²) in [6, 6.07) is 3.39. The van der Waals surface area contributed by atoms with Gasteiger partial charge in [0.2, 0.25) is 0 Å². The molecule has 2 rings (SSSR count). The average Bonchev–Trinajstić information content (AvgIpc) is 2.29. The maximum absolute atomic E-state index is 12.6. The van der Waals surface area contributed by atoms with E-state index in [2.05, 4.69) is 9.84 Å². The van der Waals surface area contributed by atoms with E-state index in [4.69, 9.17) is 5.73 Å². The Morgan fingerprint density at radius 1 is 1.39 bits per heavy atom. The Labute approximate surface area is 99.4 Å². The Morgan fingerprint density at radius 2 is 2.11 bits per heavy atom. The van der Waals surface area contributed by atoms with Crippen LogP contribution < -0.4 is 11.2 Å². The van der Waals surface area contributed by atoms with Crippen LogP contribution in [0.4, 0.5) is 23.7 Å². The highest BCUT2D eigenvalue weighted by molar-refractivity contribution is 6.04. The normalized spacial score (nSPS) is 15.7. The second-order valence-corrected chi connectivity index (χ2v) is 3.55. The molecular weight excluding hydrogens is 251 g/mol. The molecule has 0 aromatic heterocycles. The number of amides is 1. The van der Waals surface area contributed by atoms with Crippen LogP contribution in [0.25, 0.3) is 0 Å². The third-order valence-corrected chi connectivity index (χ3v) is 2.31. The number of carbonyl (C=O) groups is 1. The molecule has 0 spiro atoms. The molecule has 18 heavy (non-hydrogen) atoms. The van der Waals surface area contributed by atoms with Crippen molar-refractivity contribution < 1.29 is 22.7 Å². The second-order valence-electron chi connectivity index (χ2n) is 3.55. The molecule has 0 unspecified atom stereocenters. The zero-order valence-corrected chi connectivity index (χ0v) is 8.91. The SMILES string of the molecule is Nc1ccc(C2=NNC(=O)OC2)cc1C(F)(F)F. The Bertz CT molecular complexity index is 526. The third-order valence-electron chi connectivity index (χ3n) is 2.31. The quantitative estimate of drug-likeness (QED) is 0.754. The number of cyclic esters (lactones) is 1. The fraction of sp³-hybridized carbons (Fsp3) is 0.200. The molecule has 0 saturated heterocycles. The average molecular weight is 259 g/mol. The Morgan fingerprint density at radius 3 is 2.67 bits per heavy atom. The zero-order chi connectivity index (χ0) is 13.3. The number of hydrogen-bond donors (Lipinski definition) is 2. The number of hydrazone groups is 1. The van der Waals surface area contributed by atoms with Gasteiger partial charge in [-0.15, -0.1) is 0 Å². The molecule has 1 aliphatic heterocycles. The van der Waals surface area contributed by atoms with Gasteiger partial charge >= 0.3 is 12.3 Å². The molecule has 0 atom stereocenters. The standard InChI is InChI=1S/C10H8F3N3O2/c11-10(12,13)6-3-5(1-2-7(6)14)8-4-18-9(17)16-15-8/h1-3H,4,14H2,(H,16,17). The number of nitrogens with one attached hydrogen (secondary N) is 1. The first-order chi connectivity index (χ1) is 8.38. The highest BCUT2D eigenvalue weighted by Gasteiger charge is 2.33. The van der Waals surface area contributed by atoms with Crippen LogP contribution in [-0.4, -0.2) is 18.4 Å². The third kappa shape index (κ3) is 2.36. The lowest BCUT2D eigenvalue weighted by molar-refractivity contribution is -0.136. The minimum atomic E-state index is -4.54. The van der Waals surface area contributed by atoms with Gasteiger partial charge in [0.1, 0.15) is 12.3 Å². The minimum Gasteiger partial charge on any atom is -0.442 e. The van der Waals surface area contributed by atoms with Crippen molar-refractivity contribution in [2.75, 3.05) is 12.3 Å². The smallest absolute Gasteiger partial charge is 0.428 e. The maximum atomic E-state index is 12.6. The predicted octanol–water partition coefficient (Wildman–Crippen LogP) is 1.73. The van der Waals surface area contributed by atoms with Gasteiger partial charge < -0.3 is 10.5 Å². The number of hydrogen-bond acceptors (Lipinski definition) is 4. The molecule has 1 amide bonds. The molecule has 5 nitrogen and oxygen atoms in total.